The lowest BCUT2D eigenvalue weighted by molar-refractivity contribution is -0.114. The average Bonchev–Trinajstić information content (AvgIpc) is 2.58. The number of halogens is 2. The molecule has 0 unspecified atom stereocenters. The van der Waals surface area contributed by atoms with Crippen molar-refractivity contribution >= 4 is 23.0 Å². The molecule has 2 rings (SSSR count). The van der Waals surface area contributed by atoms with Crippen molar-refractivity contribution in [1.82, 2.24) is 0 Å². The summed E-state index contributed by atoms with van der Waals surface area (Å²) in [5.41, 5.74) is 2.95. The molecule has 0 aliphatic rings. The molecule has 0 aromatic heterocycles. The van der Waals surface area contributed by atoms with E-state index in [1.807, 2.05) is 19.1 Å². The Labute approximate surface area is 146 Å². The monoisotopic (exact) mass is 347 g/mol. The Kier molecular flexibility index (Phi) is 6.33. The SMILES string of the molecule is CCN(CC)c1ccc(NCC(=O)Nc2ccc(F)cc2F)c(C)c1. The fourth-order valence-corrected chi connectivity index (χ4v) is 2.59. The van der Waals surface area contributed by atoms with Crippen LogP contribution in [0, 0.1) is 18.6 Å². The molecule has 0 radical (unpaired) electrons. The molecule has 25 heavy (non-hydrogen) atoms. The molecule has 0 aliphatic heterocycles. The second-order valence-corrected chi connectivity index (χ2v) is 5.70. The summed E-state index contributed by atoms with van der Waals surface area (Å²) in [6.07, 6.45) is 0. The van der Waals surface area contributed by atoms with Gasteiger partial charge < -0.3 is 15.5 Å². The summed E-state index contributed by atoms with van der Waals surface area (Å²) >= 11 is 0. The van der Waals surface area contributed by atoms with Crippen LogP contribution in [0.25, 0.3) is 0 Å². The molecule has 0 saturated carbocycles. The lowest BCUT2D eigenvalue weighted by atomic mass is 10.1. The van der Waals surface area contributed by atoms with Crippen LogP contribution >= 0.6 is 0 Å². The van der Waals surface area contributed by atoms with Gasteiger partial charge in [0, 0.05) is 30.5 Å². The number of aryl methyl sites for hydroxylation is 1. The zero-order valence-corrected chi connectivity index (χ0v) is 14.7. The highest BCUT2D eigenvalue weighted by Crippen LogP contribution is 2.22. The van der Waals surface area contributed by atoms with Crippen LogP contribution in [0.4, 0.5) is 25.8 Å². The average molecular weight is 347 g/mol. The van der Waals surface area contributed by atoms with Crippen LogP contribution in [0.3, 0.4) is 0 Å². The van der Waals surface area contributed by atoms with Gasteiger partial charge in [-0.25, -0.2) is 8.78 Å². The predicted molar refractivity (Wildman–Crippen MR) is 98.2 cm³/mol. The zero-order chi connectivity index (χ0) is 18.4. The van der Waals surface area contributed by atoms with Crippen LogP contribution < -0.4 is 15.5 Å². The van der Waals surface area contributed by atoms with E-state index in [0.29, 0.717) is 0 Å². The Bertz CT molecular complexity index is 745. The minimum absolute atomic E-state index is 0.0116. The smallest absolute Gasteiger partial charge is 0.243 e. The first-order chi connectivity index (χ1) is 11.9. The van der Waals surface area contributed by atoms with E-state index in [4.69, 9.17) is 0 Å². The highest BCUT2D eigenvalue weighted by molar-refractivity contribution is 5.94. The third kappa shape index (κ3) is 4.92. The van der Waals surface area contributed by atoms with E-state index in [9.17, 15) is 13.6 Å². The van der Waals surface area contributed by atoms with Gasteiger partial charge in [-0.3, -0.25) is 4.79 Å². The van der Waals surface area contributed by atoms with Crippen molar-refractivity contribution in [3.05, 3.63) is 53.6 Å². The molecule has 2 aromatic rings. The highest BCUT2D eigenvalue weighted by atomic mass is 19.1. The number of carbonyl (C=O) groups excluding carboxylic acids is 1. The van der Waals surface area contributed by atoms with E-state index in [1.165, 1.54) is 6.07 Å². The van der Waals surface area contributed by atoms with Crippen LogP contribution in [0.1, 0.15) is 19.4 Å². The van der Waals surface area contributed by atoms with E-state index in [1.54, 1.807) is 0 Å². The zero-order valence-electron chi connectivity index (χ0n) is 14.7. The van der Waals surface area contributed by atoms with E-state index < -0.39 is 17.5 Å². The van der Waals surface area contributed by atoms with Gasteiger partial charge in [-0.2, -0.15) is 0 Å². The highest BCUT2D eigenvalue weighted by Gasteiger charge is 2.09. The molecule has 134 valence electrons. The van der Waals surface area contributed by atoms with Crippen molar-refractivity contribution in [1.29, 1.82) is 0 Å². The van der Waals surface area contributed by atoms with Gasteiger partial charge in [0.1, 0.15) is 11.6 Å². The molecular formula is C19H23F2N3O. The van der Waals surface area contributed by atoms with Crippen LogP contribution in [0.5, 0.6) is 0 Å². The summed E-state index contributed by atoms with van der Waals surface area (Å²) in [5.74, 6) is -1.89. The number of nitrogens with one attached hydrogen (secondary N) is 2. The van der Waals surface area contributed by atoms with Crippen molar-refractivity contribution in [3.63, 3.8) is 0 Å². The Balaban J connectivity index is 1.97. The summed E-state index contributed by atoms with van der Waals surface area (Å²) in [4.78, 5) is 14.2. The molecule has 0 atom stereocenters. The third-order valence-corrected chi connectivity index (χ3v) is 3.98. The van der Waals surface area contributed by atoms with Crippen molar-refractivity contribution in [2.24, 2.45) is 0 Å². The number of amides is 1. The maximum atomic E-state index is 13.5. The van der Waals surface area contributed by atoms with Gasteiger partial charge in [-0.05, 0) is 56.7 Å². The maximum absolute atomic E-state index is 13.5. The Hall–Kier alpha value is -2.63. The summed E-state index contributed by atoms with van der Waals surface area (Å²) < 4.78 is 26.4. The predicted octanol–water partition coefficient (Wildman–Crippen LogP) is 4.17. The molecule has 6 heteroatoms. The van der Waals surface area contributed by atoms with Gasteiger partial charge in [0.05, 0.1) is 12.2 Å². The Morgan fingerprint density at radius 1 is 1.04 bits per heavy atom. The molecule has 2 N–H and O–H groups in total. The lowest BCUT2D eigenvalue weighted by Gasteiger charge is -2.22. The van der Waals surface area contributed by atoms with E-state index >= 15 is 0 Å². The molecule has 0 heterocycles. The molecule has 0 saturated heterocycles. The van der Waals surface area contributed by atoms with E-state index in [0.717, 1.165) is 42.2 Å². The largest absolute Gasteiger partial charge is 0.376 e. The Morgan fingerprint density at radius 3 is 2.32 bits per heavy atom. The topological polar surface area (TPSA) is 44.4 Å². The minimum Gasteiger partial charge on any atom is -0.376 e. The summed E-state index contributed by atoms with van der Waals surface area (Å²) in [5, 5.41) is 5.46. The minimum atomic E-state index is -0.798. The second-order valence-electron chi connectivity index (χ2n) is 5.70. The molecule has 4 nitrogen and oxygen atoms in total. The van der Waals surface area contributed by atoms with Crippen LogP contribution in [0.15, 0.2) is 36.4 Å². The molecule has 0 fully saturated rings. The molecular weight excluding hydrogens is 324 g/mol. The molecule has 0 aliphatic carbocycles. The number of rotatable bonds is 7. The third-order valence-electron chi connectivity index (χ3n) is 3.98. The number of benzene rings is 2. The normalized spacial score (nSPS) is 10.4. The van der Waals surface area contributed by atoms with Crippen LogP contribution in [0.2, 0.25) is 0 Å². The van der Waals surface area contributed by atoms with Gasteiger partial charge in [0.25, 0.3) is 0 Å². The molecule has 2 aromatic carbocycles. The molecule has 0 spiro atoms. The maximum Gasteiger partial charge on any atom is 0.243 e. The number of nitrogens with zero attached hydrogens (tertiary/aromatic N) is 1. The van der Waals surface area contributed by atoms with Gasteiger partial charge in [-0.15, -0.1) is 0 Å². The fraction of sp³-hybridized carbons (Fsp3) is 0.316. The van der Waals surface area contributed by atoms with E-state index in [-0.39, 0.29) is 12.2 Å². The van der Waals surface area contributed by atoms with Gasteiger partial charge in [-0.1, -0.05) is 0 Å². The number of hydrogen-bond acceptors (Lipinski definition) is 3. The summed E-state index contributed by atoms with van der Waals surface area (Å²) in [6.45, 7) is 8.01. The first kappa shape index (κ1) is 18.7. The van der Waals surface area contributed by atoms with Crippen LogP contribution in [-0.4, -0.2) is 25.5 Å². The molecule has 1 amide bonds. The summed E-state index contributed by atoms with van der Waals surface area (Å²) in [6, 6.07) is 9.02. The fourth-order valence-electron chi connectivity index (χ4n) is 2.59. The summed E-state index contributed by atoms with van der Waals surface area (Å²) in [7, 11) is 0. The number of hydrogen-bond donors (Lipinski definition) is 2. The number of carbonyl (C=O) groups is 1. The van der Waals surface area contributed by atoms with Crippen molar-refractivity contribution < 1.29 is 13.6 Å². The molecule has 0 bridgehead atoms. The quantitative estimate of drug-likeness (QED) is 0.790. The van der Waals surface area contributed by atoms with Crippen molar-refractivity contribution in [2.45, 2.75) is 20.8 Å². The van der Waals surface area contributed by atoms with Crippen molar-refractivity contribution in [2.75, 3.05) is 35.2 Å². The van der Waals surface area contributed by atoms with Gasteiger partial charge in [0.2, 0.25) is 5.91 Å². The standard InChI is InChI=1S/C19H23F2N3O/c1-4-24(5-2)15-7-9-17(13(3)10-15)22-12-19(25)23-18-8-6-14(20)11-16(18)21/h6-11,22H,4-5,12H2,1-3H3,(H,23,25). The lowest BCUT2D eigenvalue weighted by Crippen LogP contribution is -2.23. The number of anilines is 3. The van der Waals surface area contributed by atoms with Gasteiger partial charge in [0.15, 0.2) is 0 Å². The Morgan fingerprint density at radius 2 is 1.72 bits per heavy atom. The van der Waals surface area contributed by atoms with Gasteiger partial charge >= 0.3 is 0 Å². The first-order valence-electron chi connectivity index (χ1n) is 8.29. The van der Waals surface area contributed by atoms with E-state index in [2.05, 4.69) is 35.4 Å². The van der Waals surface area contributed by atoms with Crippen molar-refractivity contribution in [3.8, 4) is 0 Å². The first-order valence-corrected chi connectivity index (χ1v) is 8.29. The van der Waals surface area contributed by atoms with Crippen LogP contribution in [-0.2, 0) is 4.79 Å². The second kappa shape index (κ2) is 8.46.